The zero-order valence-electron chi connectivity index (χ0n) is 11.6. The molecule has 0 saturated carbocycles. The highest BCUT2D eigenvalue weighted by atomic mass is 32.2. The molecule has 110 valence electrons. The summed E-state index contributed by atoms with van der Waals surface area (Å²) in [5.74, 6) is 1.30. The second-order valence-electron chi connectivity index (χ2n) is 4.31. The molecule has 2 rings (SSSR count). The molecule has 4 nitrogen and oxygen atoms in total. The lowest BCUT2D eigenvalue weighted by Gasteiger charge is -2.15. The maximum atomic E-state index is 12.3. The van der Waals surface area contributed by atoms with Gasteiger partial charge in [0.1, 0.15) is 0 Å². The van der Waals surface area contributed by atoms with Crippen molar-refractivity contribution in [3.05, 3.63) is 41.3 Å². The molecule has 6 heteroatoms. The number of nitrogens with zero attached hydrogens (tertiary/aromatic N) is 1. The van der Waals surface area contributed by atoms with Gasteiger partial charge in [-0.3, -0.25) is 4.79 Å². The molecule has 0 aliphatic carbocycles. The van der Waals surface area contributed by atoms with Gasteiger partial charge in [0, 0.05) is 18.3 Å². The molecule has 0 spiro atoms. The largest absolute Gasteiger partial charge is 0.454 e. The van der Waals surface area contributed by atoms with Crippen LogP contribution < -0.4 is 9.47 Å². The first-order chi connectivity index (χ1) is 10.2. The molecular formula is C15H15NO3S2. The number of likely N-dealkylation sites (N-methyl/N-ethyl adjacent to an activating group) is 1. The van der Waals surface area contributed by atoms with Crippen LogP contribution in [-0.4, -0.2) is 35.9 Å². The van der Waals surface area contributed by atoms with Crippen LogP contribution in [0, 0.1) is 0 Å². The van der Waals surface area contributed by atoms with E-state index in [4.69, 9.17) is 21.7 Å². The van der Waals surface area contributed by atoms with E-state index in [1.807, 2.05) is 18.2 Å². The Balaban J connectivity index is 2.26. The Morgan fingerprint density at radius 3 is 2.95 bits per heavy atom. The lowest BCUT2D eigenvalue weighted by atomic mass is 10.2. The molecule has 1 heterocycles. The lowest BCUT2D eigenvalue weighted by molar-refractivity contribution is -0.124. The van der Waals surface area contributed by atoms with Crippen LogP contribution in [-0.2, 0) is 4.79 Å². The van der Waals surface area contributed by atoms with Crippen molar-refractivity contribution in [3.8, 4) is 11.5 Å². The van der Waals surface area contributed by atoms with Crippen molar-refractivity contribution in [1.29, 1.82) is 0 Å². The number of carbonyl (C=O) groups is 1. The summed E-state index contributed by atoms with van der Waals surface area (Å²) >= 11 is 6.08. The third-order valence-corrected chi connectivity index (χ3v) is 3.76. The Hall–Kier alpha value is -1.79. The van der Waals surface area contributed by atoms with Gasteiger partial charge < -0.3 is 14.4 Å². The number of carbonyl (C=O) groups excluding carboxylic acids is 1. The average molecular weight is 321 g/mol. The summed E-state index contributed by atoms with van der Waals surface area (Å²) in [6, 6.07) is 5.54. The Bertz CT molecular complexity index is 599. The quantitative estimate of drug-likeness (QED) is 0.457. The van der Waals surface area contributed by atoms with E-state index >= 15 is 0 Å². The highest BCUT2D eigenvalue weighted by Gasteiger charge is 2.16. The summed E-state index contributed by atoms with van der Waals surface area (Å²) in [6.07, 6.45) is 3.47. The van der Waals surface area contributed by atoms with Crippen molar-refractivity contribution >= 4 is 40.7 Å². The first-order valence-corrected chi connectivity index (χ1v) is 7.59. The minimum absolute atomic E-state index is 0.0985. The second kappa shape index (κ2) is 7.28. The van der Waals surface area contributed by atoms with Gasteiger partial charge in [-0.2, -0.15) is 0 Å². The van der Waals surface area contributed by atoms with Crippen LogP contribution in [0.25, 0.3) is 6.08 Å². The fourth-order valence-corrected chi connectivity index (χ4v) is 2.69. The van der Waals surface area contributed by atoms with Crippen LogP contribution >= 0.6 is 24.0 Å². The fraction of sp³-hybridized carbons (Fsp3) is 0.200. The monoisotopic (exact) mass is 321 g/mol. The zero-order valence-corrected chi connectivity index (χ0v) is 13.2. The number of ether oxygens (including phenoxy) is 2. The molecule has 1 aliphatic rings. The van der Waals surface area contributed by atoms with Gasteiger partial charge in [-0.25, -0.2) is 0 Å². The van der Waals surface area contributed by atoms with Gasteiger partial charge in [0.05, 0.1) is 4.91 Å². The maximum absolute atomic E-state index is 12.3. The van der Waals surface area contributed by atoms with Crippen LogP contribution in [0.4, 0.5) is 0 Å². The van der Waals surface area contributed by atoms with Crippen molar-refractivity contribution in [2.45, 2.75) is 0 Å². The molecule has 0 atom stereocenters. The second-order valence-corrected chi connectivity index (χ2v) is 5.76. The van der Waals surface area contributed by atoms with E-state index in [1.165, 1.54) is 16.5 Å². The third kappa shape index (κ3) is 3.86. The lowest BCUT2D eigenvalue weighted by Crippen LogP contribution is -2.27. The number of fused-ring (bicyclic) bond motifs is 1. The molecule has 0 radical (unpaired) electrons. The summed E-state index contributed by atoms with van der Waals surface area (Å²) in [5, 5.41) is 0. The molecule has 0 unspecified atom stereocenters. The number of rotatable bonds is 6. The van der Waals surface area contributed by atoms with Crippen molar-refractivity contribution in [3.63, 3.8) is 0 Å². The van der Waals surface area contributed by atoms with Crippen LogP contribution in [0.1, 0.15) is 5.56 Å². The number of hydrogen-bond acceptors (Lipinski definition) is 5. The number of thiocarbonyl (C=S) groups is 1. The molecular weight excluding hydrogens is 306 g/mol. The first kappa shape index (κ1) is 15.6. The van der Waals surface area contributed by atoms with Crippen molar-refractivity contribution in [2.75, 3.05) is 20.4 Å². The maximum Gasteiger partial charge on any atom is 0.260 e. The summed E-state index contributed by atoms with van der Waals surface area (Å²) in [4.78, 5) is 14.5. The number of hydrogen-bond donors (Lipinski definition) is 0. The first-order valence-electron chi connectivity index (χ1n) is 6.23. The normalized spacial score (nSPS) is 12.9. The minimum Gasteiger partial charge on any atom is -0.454 e. The predicted octanol–water partition coefficient (Wildman–Crippen LogP) is 3.09. The Kier molecular flexibility index (Phi) is 5.41. The van der Waals surface area contributed by atoms with Gasteiger partial charge in [-0.1, -0.05) is 36.1 Å². The molecule has 0 bridgehead atoms. The van der Waals surface area contributed by atoms with Gasteiger partial charge in [0.15, 0.2) is 11.5 Å². The van der Waals surface area contributed by atoms with Crippen molar-refractivity contribution in [2.24, 2.45) is 0 Å². The SMILES string of the molecule is C=CCN(C)C(=O)/C(=C/c1ccc2c(c1)OCO2)SC=S. The van der Waals surface area contributed by atoms with E-state index in [-0.39, 0.29) is 12.7 Å². The number of amides is 1. The van der Waals surface area contributed by atoms with Gasteiger partial charge in [-0.05, 0) is 23.8 Å². The third-order valence-electron chi connectivity index (χ3n) is 2.83. The minimum atomic E-state index is -0.0985. The predicted molar refractivity (Wildman–Crippen MR) is 89.6 cm³/mol. The molecule has 0 fully saturated rings. The summed E-state index contributed by atoms with van der Waals surface area (Å²) < 4.78 is 12.1. The molecule has 0 saturated heterocycles. The van der Waals surface area contributed by atoms with Gasteiger partial charge in [0.2, 0.25) is 6.79 Å². The average Bonchev–Trinajstić information content (AvgIpc) is 2.94. The van der Waals surface area contributed by atoms with E-state index in [9.17, 15) is 4.79 Å². The summed E-state index contributed by atoms with van der Waals surface area (Å²) in [7, 11) is 1.72. The number of benzene rings is 1. The van der Waals surface area contributed by atoms with E-state index in [0.29, 0.717) is 22.9 Å². The van der Waals surface area contributed by atoms with Crippen molar-refractivity contribution in [1.82, 2.24) is 4.90 Å². The van der Waals surface area contributed by atoms with E-state index in [1.54, 1.807) is 24.1 Å². The molecule has 1 aromatic rings. The van der Waals surface area contributed by atoms with Crippen LogP contribution in [0.3, 0.4) is 0 Å². The highest BCUT2D eigenvalue weighted by molar-refractivity contribution is 8.24. The zero-order chi connectivity index (χ0) is 15.2. The molecule has 0 N–H and O–H groups in total. The smallest absolute Gasteiger partial charge is 0.260 e. The summed E-state index contributed by atoms with van der Waals surface area (Å²) in [6.45, 7) is 4.34. The standard InChI is InChI=1S/C15H15NO3S2/c1-3-6-16(2)15(17)14(21-10-20)8-11-4-5-12-13(7-11)19-9-18-12/h3-5,7-8,10H,1,6,9H2,2H3/b14-8-. The van der Waals surface area contributed by atoms with E-state index < -0.39 is 0 Å². The molecule has 1 amide bonds. The topological polar surface area (TPSA) is 38.8 Å². The molecule has 1 aliphatic heterocycles. The van der Waals surface area contributed by atoms with Gasteiger partial charge in [0.25, 0.3) is 5.91 Å². The van der Waals surface area contributed by atoms with E-state index in [2.05, 4.69) is 6.58 Å². The molecule has 21 heavy (non-hydrogen) atoms. The summed E-state index contributed by atoms with van der Waals surface area (Å²) in [5.41, 5.74) is 0.860. The Morgan fingerprint density at radius 1 is 1.48 bits per heavy atom. The van der Waals surface area contributed by atoms with Gasteiger partial charge in [-0.15, -0.1) is 6.58 Å². The van der Waals surface area contributed by atoms with Gasteiger partial charge >= 0.3 is 0 Å². The van der Waals surface area contributed by atoms with E-state index in [0.717, 1.165) is 5.56 Å². The fourth-order valence-electron chi connectivity index (χ4n) is 1.82. The molecule has 1 aromatic carbocycles. The number of thioether (sulfide) groups is 1. The van der Waals surface area contributed by atoms with Crippen LogP contribution in [0.5, 0.6) is 11.5 Å². The highest BCUT2D eigenvalue weighted by Crippen LogP contribution is 2.33. The van der Waals surface area contributed by atoms with Crippen LogP contribution in [0.15, 0.2) is 35.8 Å². The molecule has 0 aromatic heterocycles. The Labute approximate surface area is 133 Å². The Morgan fingerprint density at radius 2 is 2.24 bits per heavy atom. The van der Waals surface area contributed by atoms with Crippen LogP contribution in [0.2, 0.25) is 0 Å². The van der Waals surface area contributed by atoms with Crippen molar-refractivity contribution < 1.29 is 14.3 Å².